The second-order valence-corrected chi connectivity index (χ2v) is 4.58. The molecule has 1 N–H and O–H groups in total. The standard InChI is InChI=1S/C9H11N5S.ClH/c1-6-8(11-5-15-6)9-13-12-7-4-10-2-3-14(7)9;/h5,10H,2-4H2,1H3;1H. The summed E-state index contributed by atoms with van der Waals surface area (Å²) in [6.07, 6.45) is 0. The minimum absolute atomic E-state index is 0. The first-order valence-corrected chi connectivity index (χ1v) is 5.77. The van der Waals surface area contributed by atoms with E-state index < -0.39 is 0 Å². The van der Waals surface area contributed by atoms with Crippen molar-refractivity contribution < 1.29 is 0 Å². The van der Waals surface area contributed by atoms with Crippen LogP contribution in [0.25, 0.3) is 11.5 Å². The topological polar surface area (TPSA) is 55.6 Å². The largest absolute Gasteiger partial charge is 0.308 e. The Hall–Kier alpha value is -0.980. The van der Waals surface area contributed by atoms with Crippen LogP contribution in [0.3, 0.4) is 0 Å². The predicted octanol–water partition coefficient (Wildman–Crippen LogP) is 1.24. The number of fused-ring (bicyclic) bond motifs is 1. The molecular weight excluding hydrogens is 246 g/mol. The molecule has 0 atom stereocenters. The monoisotopic (exact) mass is 257 g/mol. The molecule has 1 aliphatic rings. The van der Waals surface area contributed by atoms with Crippen LogP contribution in [0, 0.1) is 6.92 Å². The third kappa shape index (κ3) is 1.73. The summed E-state index contributed by atoms with van der Waals surface area (Å²) < 4.78 is 2.15. The molecule has 86 valence electrons. The summed E-state index contributed by atoms with van der Waals surface area (Å²) in [7, 11) is 0. The summed E-state index contributed by atoms with van der Waals surface area (Å²) in [4.78, 5) is 5.54. The molecule has 0 saturated carbocycles. The van der Waals surface area contributed by atoms with Crippen LogP contribution in [0.4, 0.5) is 0 Å². The Labute approximate surface area is 103 Å². The number of aryl methyl sites for hydroxylation is 1. The number of aromatic nitrogens is 4. The normalized spacial score (nSPS) is 14.3. The highest BCUT2D eigenvalue weighted by molar-refractivity contribution is 7.10. The summed E-state index contributed by atoms with van der Waals surface area (Å²) >= 11 is 1.65. The molecule has 1 aliphatic heterocycles. The second-order valence-electron chi connectivity index (χ2n) is 3.53. The van der Waals surface area contributed by atoms with Gasteiger partial charge in [-0.15, -0.1) is 33.9 Å². The number of nitrogens with zero attached hydrogens (tertiary/aromatic N) is 4. The van der Waals surface area contributed by atoms with Crippen LogP contribution in [0.5, 0.6) is 0 Å². The fourth-order valence-corrected chi connectivity index (χ4v) is 2.36. The van der Waals surface area contributed by atoms with Crippen LogP contribution < -0.4 is 5.32 Å². The second kappa shape index (κ2) is 4.48. The molecule has 0 spiro atoms. The van der Waals surface area contributed by atoms with Gasteiger partial charge in [0.2, 0.25) is 0 Å². The molecule has 0 fully saturated rings. The van der Waals surface area contributed by atoms with Crippen LogP contribution in [0.1, 0.15) is 10.7 Å². The van der Waals surface area contributed by atoms with Crippen LogP contribution in [-0.2, 0) is 13.1 Å². The molecule has 0 radical (unpaired) electrons. The van der Waals surface area contributed by atoms with Gasteiger partial charge < -0.3 is 9.88 Å². The van der Waals surface area contributed by atoms with Gasteiger partial charge in [0.15, 0.2) is 5.82 Å². The van der Waals surface area contributed by atoms with Crippen molar-refractivity contribution in [1.82, 2.24) is 25.1 Å². The van der Waals surface area contributed by atoms with E-state index in [-0.39, 0.29) is 12.4 Å². The first-order valence-electron chi connectivity index (χ1n) is 4.89. The van der Waals surface area contributed by atoms with E-state index in [1.165, 1.54) is 4.88 Å². The van der Waals surface area contributed by atoms with Crippen molar-refractivity contribution in [3.8, 4) is 11.5 Å². The molecule has 2 aromatic heterocycles. The minimum atomic E-state index is 0. The van der Waals surface area contributed by atoms with Gasteiger partial charge >= 0.3 is 0 Å². The van der Waals surface area contributed by atoms with Crippen molar-refractivity contribution in [2.45, 2.75) is 20.0 Å². The van der Waals surface area contributed by atoms with Gasteiger partial charge in [-0.05, 0) is 6.92 Å². The molecule has 3 heterocycles. The zero-order chi connectivity index (χ0) is 10.3. The number of halogens is 1. The molecule has 0 amide bonds. The van der Waals surface area contributed by atoms with E-state index >= 15 is 0 Å². The Morgan fingerprint density at radius 3 is 3.06 bits per heavy atom. The van der Waals surface area contributed by atoms with Gasteiger partial charge in [-0.25, -0.2) is 4.98 Å². The number of thiazole rings is 1. The van der Waals surface area contributed by atoms with Gasteiger partial charge in [0.05, 0.1) is 12.1 Å². The lowest BCUT2D eigenvalue weighted by Gasteiger charge is -2.15. The fraction of sp³-hybridized carbons (Fsp3) is 0.444. The highest BCUT2D eigenvalue weighted by Gasteiger charge is 2.18. The van der Waals surface area contributed by atoms with E-state index in [9.17, 15) is 0 Å². The Balaban J connectivity index is 0.000000963. The average Bonchev–Trinajstić information content (AvgIpc) is 2.83. The molecule has 0 aromatic carbocycles. The van der Waals surface area contributed by atoms with Crippen molar-refractivity contribution >= 4 is 23.7 Å². The zero-order valence-corrected chi connectivity index (χ0v) is 10.4. The molecule has 2 aromatic rings. The highest BCUT2D eigenvalue weighted by atomic mass is 35.5. The van der Waals surface area contributed by atoms with E-state index in [0.717, 1.165) is 37.0 Å². The van der Waals surface area contributed by atoms with E-state index in [1.807, 2.05) is 5.51 Å². The Morgan fingerprint density at radius 1 is 1.44 bits per heavy atom. The molecule has 3 rings (SSSR count). The predicted molar refractivity (Wildman–Crippen MR) is 64.8 cm³/mol. The van der Waals surface area contributed by atoms with E-state index in [0.29, 0.717) is 0 Å². The van der Waals surface area contributed by atoms with Crippen molar-refractivity contribution in [2.75, 3.05) is 6.54 Å². The van der Waals surface area contributed by atoms with E-state index in [1.54, 1.807) is 11.3 Å². The van der Waals surface area contributed by atoms with E-state index in [4.69, 9.17) is 0 Å². The van der Waals surface area contributed by atoms with Gasteiger partial charge in [-0.1, -0.05) is 0 Å². The smallest absolute Gasteiger partial charge is 0.183 e. The van der Waals surface area contributed by atoms with Gasteiger partial charge in [-0.3, -0.25) is 0 Å². The fourth-order valence-electron chi connectivity index (χ4n) is 1.79. The third-order valence-corrected chi connectivity index (χ3v) is 3.34. The molecule has 0 aliphatic carbocycles. The summed E-state index contributed by atoms with van der Waals surface area (Å²) in [6, 6.07) is 0. The average molecular weight is 258 g/mol. The maximum Gasteiger partial charge on any atom is 0.183 e. The molecular formula is C9H12ClN5S. The molecule has 5 nitrogen and oxygen atoms in total. The highest BCUT2D eigenvalue weighted by Crippen LogP contribution is 2.24. The van der Waals surface area contributed by atoms with Gasteiger partial charge in [0.25, 0.3) is 0 Å². The molecule has 0 saturated heterocycles. The van der Waals surface area contributed by atoms with Crippen LogP contribution in [-0.4, -0.2) is 26.3 Å². The van der Waals surface area contributed by atoms with E-state index in [2.05, 4.69) is 32.0 Å². The van der Waals surface area contributed by atoms with Gasteiger partial charge in [-0.2, -0.15) is 0 Å². The quantitative estimate of drug-likeness (QED) is 0.835. The lowest BCUT2D eigenvalue weighted by molar-refractivity contribution is 0.508. The summed E-state index contributed by atoms with van der Waals surface area (Å²) in [5.41, 5.74) is 2.83. The molecule has 7 heteroatoms. The zero-order valence-electron chi connectivity index (χ0n) is 8.80. The first kappa shape index (κ1) is 11.5. The number of rotatable bonds is 1. The number of hydrogen-bond donors (Lipinski definition) is 1. The number of hydrogen-bond acceptors (Lipinski definition) is 5. The molecule has 0 bridgehead atoms. The molecule has 16 heavy (non-hydrogen) atoms. The maximum absolute atomic E-state index is 4.34. The van der Waals surface area contributed by atoms with Gasteiger partial charge in [0, 0.05) is 18.0 Å². The Kier molecular flexibility index (Phi) is 3.22. The van der Waals surface area contributed by atoms with Crippen molar-refractivity contribution in [3.05, 3.63) is 16.2 Å². The van der Waals surface area contributed by atoms with Crippen molar-refractivity contribution in [1.29, 1.82) is 0 Å². The minimum Gasteiger partial charge on any atom is -0.308 e. The summed E-state index contributed by atoms with van der Waals surface area (Å²) in [5, 5.41) is 11.7. The summed E-state index contributed by atoms with van der Waals surface area (Å²) in [6.45, 7) is 4.77. The first-order chi connectivity index (χ1) is 7.36. The lowest BCUT2D eigenvalue weighted by Crippen LogP contribution is -2.28. The van der Waals surface area contributed by atoms with Crippen molar-refractivity contribution in [2.24, 2.45) is 0 Å². The third-order valence-electron chi connectivity index (χ3n) is 2.58. The summed E-state index contributed by atoms with van der Waals surface area (Å²) in [5.74, 6) is 1.91. The van der Waals surface area contributed by atoms with Crippen LogP contribution in [0.2, 0.25) is 0 Å². The SMILES string of the molecule is Cc1scnc1-c1nnc2n1CCNC2.Cl. The molecule has 0 unspecified atom stereocenters. The Morgan fingerprint density at radius 2 is 2.31 bits per heavy atom. The van der Waals surface area contributed by atoms with Gasteiger partial charge in [0.1, 0.15) is 11.5 Å². The van der Waals surface area contributed by atoms with Crippen LogP contribution in [0.15, 0.2) is 5.51 Å². The van der Waals surface area contributed by atoms with Crippen molar-refractivity contribution in [3.63, 3.8) is 0 Å². The number of nitrogens with one attached hydrogen (secondary N) is 1. The lowest BCUT2D eigenvalue weighted by atomic mass is 10.3. The maximum atomic E-state index is 4.34. The van der Waals surface area contributed by atoms with Crippen LogP contribution >= 0.6 is 23.7 Å². The Bertz CT molecular complexity index is 492.